The molecule has 0 spiro atoms. The molecule has 0 saturated heterocycles. The molecule has 0 aliphatic heterocycles. The summed E-state index contributed by atoms with van der Waals surface area (Å²) in [6.45, 7) is 2.57. The average molecular weight is 400 g/mol. The number of fused-ring (bicyclic) bond motifs is 1. The monoisotopic (exact) mass is 400 g/mol. The number of aromatic nitrogens is 1. The first-order valence-corrected chi connectivity index (χ1v) is 9.73. The summed E-state index contributed by atoms with van der Waals surface area (Å²) in [7, 11) is 0. The topological polar surface area (TPSA) is 72.9 Å². The second-order valence-electron chi connectivity index (χ2n) is 6.81. The molecule has 0 amide bonds. The number of hydrogen-bond donors (Lipinski definition) is 1. The molecule has 0 saturated carbocycles. The molecule has 150 valence electrons. The lowest BCUT2D eigenvalue weighted by Gasteiger charge is -2.10. The third kappa shape index (κ3) is 4.12. The summed E-state index contributed by atoms with van der Waals surface area (Å²) in [6.07, 6.45) is 2.45. The van der Waals surface area contributed by atoms with Crippen LogP contribution in [0.3, 0.4) is 0 Å². The van der Waals surface area contributed by atoms with E-state index < -0.39 is 0 Å². The molecule has 1 aromatic heterocycles. The molecular formula is C24H21FN4O. The van der Waals surface area contributed by atoms with Crippen LogP contribution in [0.1, 0.15) is 13.3 Å². The fourth-order valence-electron chi connectivity index (χ4n) is 3.13. The van der Waals surface area contributed by atoms with Crippen LogP contribution >= 0.6 is 0 Å². The molecule has 0 aliphatic rings. The first-order chi connectivity index (χ1) is 14.7. The van der Waals surface area contributed by atoms with E-state index in [2.05, 4.69) is 15.2 Å². The molecule has 0 aliphatic carbocycles. The summed E-state index contributed by atoms with van der Waals surface area (Å²) in [4.78, 5) is 4.41. The molecule has 0 radical (unpaired) electrons. The minimum atomic E-state index is -0.341. The number of nitrogens with two attached hydrogens (primary N) is 1. The molecule has 6 heteroatoms. The number of pyridine rings is 1. The Morgan fingerprint density at radius 2 is 1.87 bits per heavy atom. The predicted octanol–water partition coefficient (Wildman–Crippen LogP) is 6.83. The van der Waals surface area contributed by atoms with Gasteiger partial charge in [-0.15, -0.1) is 10.2 Å². The maximum atomic E-state index is 13.8. The third-order valence-electron chi connectivity index (χ3n) is 4.65. The second-order valence-corrected chi connectivity index (χ2v) is 6.81. The Kier molecular flexibility index (Phi) is 5.66. The fourth-order valence-corrected chi connectivity index (χ4v) is 3.13. The van der Waals surface area contributed by atoms with Gasteiger partial charge in [0.2, 0.25) is 0 Å². The number of benzene rings is 3. The second kappa shape index (κ2) is 8.69. The quantitative estimate of drug-likeness (QED) is 0.285. The number of azo groups is 1. The number of nitrogens with zero attached hydrogens (tertiary/aromatic N) is 3. The van der Waals surface area contributed by atoms with Crippen molar-refractivity contribution in [1.29, 1.82) is 0 Å². The van der Waals surface area contributed by atoms with E-state index in [-0.39, 0.29) is 5.82 Å². The van der Waals surface area contributed by atoms with E-state index >= 15 is 0 Å². The van der Waals surface area contributed by atoms with Crippen LogP contribution in [0.2, 0.25) is 0 Å². The summed E-state index contributed by atoms with van der Waals surface area (Å²) in [5.74, 6) is 0.259. The molecule has 5 nitrogen and oxygen atoms in total. The molecule has 0 atom stereocenters. The lowest BCUT2D eigenvalue weighted by Crippen LogP contribution is -1.98. The minimum Gasteiger partial charge on any atom is -0.493 e. The van der Waals surface area contributed by atoms with Gasteiger partial charge < -0.3 is 10.5 Å². The van der Waals surface area contributed by atoms with Crippen molar-refractivity contribution >= 4 is 27.8 Å². The van der Waals surface area contributed by atoms with Crippen LogP contribution in [-0.2, 0) is 0 Å². The number of nitrogen functional groups attached to an aromatic ring is 1. The SMILES string of the molecule is CCCOc1ccc(F)cc1-c1ccc(N=Nc2ccc3ccccc3c2N)cn1. The lowest BCUT2D eigenvalue weighted by atomic mass is 10.1. The van der Waals surface area contributed by atoms with E-state index in [1.807, 2.05) is 43.3 Å². The van der Waals surface area contributed by atoms with E-state index in [0.29, 0.717) is 40.7 Å². The highest BCUT2D eigenvalue weighted by molar-refractivity contribution is 5.97. The van der Waals surface area contributed by atoms with E-state index in [1.165, 1.54) is 12.1 Å². The number of hydrogen-bond acceptors (Lipinski definition) is 5. The van der Waals surface area contributed by atoms with E-state index in [9.17, 15) is 4.39 Å². The Hall–Kier alpha value is -3.80. The predicted molar refractivity (Wildman–Crippen MR) is 118 cm³/mol. The first kappa shape index (κ1) is 19.5. The highest BCUT2D eigenvalue weighted by atomic mass is 19.1. The fraction of sp³-hybridized carbons (Fsp3) is 0.125. The normalized spacial score (nSPS) is 11.3. The third-order valence-corrected chi connectivity index (χ3v) is 4.65. The largest absolute Gasteiger partial charge is 0.493 e. The van der Waals surface area contributed by atoms with Gasteiger partial charge in [-0.05, 0) is 48.2 Å². The molecule has 3 aromatic carbocycles. The number of anilines is 1. The van der Waals surface area contributed by atoms with E-state index in [1.54, 1.807) is 24.4 Å². The molecule has 0 bridgehead atoms. The number of rotatable bonds is 6. The van der Waals surface area contributed by atoms with Gasteiger partial charge in [-0.3, -0.25) is 4.98 Å². The standard InChI is InChI=1S/C24H21FN4O/c1-2-13-30-23-12-8-17(25)14-20(23)21-11-9-18(15-27-21)28-29-22-10-7-16-5-3-4-6-19(16)24(22)26/h3-12,14-15H,2,13,26H2,1H3. The molecule has 0 fully saturated rings. The van der Waals surface area contributed by atoms with Crippen molar-refractivity contribution in [1.82, 2.24) is 4.98 Å². The van der Waals surface area contributed by atoms with Gasteiger partial charge in [-0.2, -0.15) is 0 Å². The Balaban J connectivity index is 1.59. The summed E-state index contributed by atoms with van der Waals surface area (Å²) in [6, 6.07) is 19.6. The maximum absolute atomic E-state index is 13.8. The van der Waals surface area contributed by atoms with E-state index in [0.717, 1.165) is 17.2 Å². The molecule has 4 rings (SSSR count). The van der Waals surface area contributed by atoms with Gasteiger partial charge in [0.05, 0.1) is 24.2 Å². The van der Waals surface area contributed by atoms with E-state index in [4.69, 9.17) is 10.5 Å². The minimum absolute atomic E-state index is 0.341. The highest BCUT2D eigenvalue weighted by Gasteiger charge is 2.10. The van der Waals surface area contributed by atoms with Crippen molar-refractivity contribution in [3.8, 4) is 17.0 Å². The Morgan fingerprint density at radius 3 is 2.67 bits per heavy atom. The van der Waals surface area contributed by atoms with Crippen LogP contribution in [0.15, 0.2) is 83.2 Å². The molecule has 4 aromatic rings. The van der Waals surface area contributed by atoms with Gasteiger partial charge in [0, 0.05) is 10.9 Å². The molecule has 2 N–H and O–H groups in total. The van der Waals surface area contributed by atoms with Crippen LogP contribution in [0, 0.1) is 5.82 Å². The van der Waals surface area contributed by atoms with Crippen LogP contribution in [0.4, 0.5) is 21.5 Å². The van der Waals surface area contributed by atoms with Crippen molar-refractivity contribution in [2.75, 3.05) is 12.3 Å². The van der Waals surface area contributed by atoms with Crippen LogP contribution in [-0.4, -0.2) is 11.6 Å². The van der Waals surface area contributed by atoms with Crippen molar-refractivity contribution in [3.63, 3.8) is 0 Å². The van der Waals surface area contributed by atoms with Gasteiger partial charge >= 0.3 is 0 Å². The van der Waals surface area contributed by atoms with Crippen molar-refractivity contribution in [3.05, 3.63) is 78.7 Å². The van der Waals surface area contributed by atoms with Gasteiger partial charge in [0.25, 0.3) is 0 Å². The lowest BCUT2D eigenvalue weighted by molar-refractivity contribution is 0.318. The van der Waals surface area contributed by atoms with Crippen molar-refractivity contribution < 1.29 is 9.13 Å². The molecule has 0 unspecified atom stereocenters. The highest BCUT2D eigenvalue weighted by Crippen LogP contribution is 2.33. The Labute approximate surface area is 174 Å². The van der Waals surface area contributed by atoms with Gasteiger partial charge in [-0.1, -0.05) is 37.3 Å². The zero-order chi connectivity index (χ0) is 20.9. The summed E-state index contributed by atoms with van der Waals surface area (Å²) < 4.78 is 19.5. The van der Waals surface area contributed by atoms with Crippen molar-refractivity contribution in [2.24, 2.45) is 10.2 Å². The molecule has 30 heavy (non-hydrogen) atoms. The Bertz CT molecular complexity index is 1210. The Morgan fingerprint density at radius 1 is 1.00 bits per heavy atom. The molecular weight excluding hydrogens is 379 g/mol. The summed E-state index contributed by atoms with van der Waals surface area (Å²) in [5.41, 5.74) is 9.19. The smallest absolute Gasteiger partial charge is 0.128 e. The summed E-state index contributed by atoms with van der Waals surface area (Å²) >= 11 is 0. The van der Waals surface area contributed by atoms with Gasteiger partial charge in [-0.25, -0.2) is 4.39 Å². The van der Waals surface area contributed by atoms with Crippen molar-refractivity contribution in [2.45, 2.75) is 13.3 Å². The van der Waals surface area contributed by atoms with Gasteiger partial charge in [0.1, 0.15) is 22.9 Å². The first-order valence-electron chi connectivity index (χ1n) is 9.73. The van der Waals surface area contributed by atoms with Crippen LogP contribution in [0.25, 0.3) is 22.0 Å². The van der Waals surface area contributed by atoms with Crippen LogP contribution in [0.5, 0.6) is 5.75 Å². The zero-order valence-corrected chi connectivity index (χ0v) is 16.5. The maximum Gasteiger partial charge on any atom is 0.128 e. The van der Waals surface area contributed by atoms with Crippen LogP contribution < -0.4 is 10.5 Å². The summed E-state index contributed by atoms with van der Waals surface area (Å²) in [5, 5.41) is 10.5. The molecule has 1 heterocycles. The number of ether oxygens (including phenoxy) is 1. The van der Waals surface area contributed by atoms with Gasteiger partial charge in [0.15, 0.2) is 0 Å². The average Bonchev–Trinajstić information content (AvgIpc) is 2.78. The number of halogens is 1. The zero-order valence-electron chi connectivity index (χ0n) is 16.5.